The van der Waals surface area contributed by atoms with Crippen molar-refractivity contribution in [3.05, 3.63) is 89.7 Å². The number of carbonyl (C=O) groups excluding carboxylic acids is 1. The summed E-state index contributed by atoms with van der Waals surface area (Å²) < 4.78 is 40.2. The van der Waals surface area contributed by atoms with Crippen LogP contribution in [0.2, 0.25) is 0 Å². The third-order valence-corrected chi connectivity index (χ3v) is 6.78. The Morgan fingerprint density at radius 2 is 1.71 bits per heavy atom. The number of nitrogens with zero attached hydrogens (tertiary/aromatic N) is 2. The summed E-state index contributed by atoms with van der Waals surface area (Å²) in [5.41, 5.74) is 2.32. The third kappa shape index (κ3) is 6.75. The summed E-state index contributed by atoms with van der Waals surface area (Å²) in [6.45, 7) is 4.73. The molecule has 1 fully saturated rings. The van der Waals surface area contributed by atoms with Gasteiger partial charge in [-0.2, -0.15) is 13.2 Å². The van der Waals surface area contributed by atoms with Crippen LogP contribution in [0.25, 0.3) is 5.69 Å². The van der Waals surface area contributed by atoms with Crippen molar-refractivity contribution in [3.63, 3.8) is 0 Å². The Balaban J connectivity index is 1.24. The number of piperidine rings is 1. The number of aromatic nitrogens is 1. The fourth-order valence-electron chi connectivity index (χ4n) is 4.75. The zero-order chi connectivity index (χ0) is 24.8. The molecule has 0 aliphatic carbocycles. The largest absolute Gasteiger partial charge is 0.416 e. The maximum absolute atomic E-state index is 12.8. The van der Waals surface area contributed by atoms with Gasteiger partial charge in [-0.15, -0.1) is 0 Å². The van der Waals surface area contributed by atoms with E-state index in [2.05, 4.69) is 29.3 Å². The molecule has 2 heterocycles. The van der Waals surface area contributed by atoms with Crippen molar-refractivity contribution in [2.75, 3.05) is 13.1 Å². The maximum atomic E-state index is 12.8. The molecule has 1 amide bonds. The summed E-state index contributed by atoms with van der Waals surface area (Å²) in [6, 6.07) is 17.3. The molecule has 2 aromatic carbocycles. The Labute approximate surface area is 204 Å². The van der Waals surface area contributed by atoms with Crippen molar-refractivity contribution in [2.24, 2.45) is 5.92 Å². The van der Waals surface area contributed by atoms with Gasteiger partial charge in [-0.3, -0.25) is 9.69 Å². The molecule has 1 aliphatic rings. The monoisotopic (exact) mass is 483 g/mol. The lowest BCUT2D eigenvalue weighted by Gasteiger charge is -2.31. The number of alkyl halides is 3. The Bertz CT molecular complexity index is 1080. The predicted octanol–water partition coefficient (Wildman–Crippen LogP) is 6.37. The molecule has 1 atom stereocenters. The molecule has 1 aromatic heterocycles. The summed E-state index contributed by atoms with van der Waals surface area (Å²) in [5.74, 6) is 0.504. The van der Waals surface area contributed by atoms with Gasteiger partial charge in [-0.1, -0.05) is 37.3 Å². The third-order valence-electron chi connectivity index (χ3n) is 6.78. The number of halogens is 3. The molecule has 1 saturated heterocycles. The van der Waals surface area contributed by atoms with Crippen LogP contribution in [-0.4, -0.2) is 28.5 Å². The van der Waals surface area contributed by atoms with Gasteiger partial charge in [0.05, 0.1) is 11.6 Å². The molecule has 1 aliphatic heterocycles. The molecule has 1 unspecified atom stereocenters. The Morgan fingerprint density at radius 1 is 1.03 bits per heavy atom. The van der Waals surface area contributed by atoms with Gasteiger partial charge < -0.3 is 9.88 Å². The van der Waals surface area contributed by atoms with Gasteiger partial charge in [-0.05, 0) is 79.7 Å². The van der Waals surface area contributed by atoms with Crippen molar-refractivity contribution in [1.82, 2.24) is 14.8 Å². The fourth-order valence-corrected chi connectivity index (χ4v) is 4.75. The summed E-state index contributed by atoms with van der Waals surface area (Å²) in [7, 11) is 0. The quantitative estimate of drug-likeness (QED) is 0.405. The molecule has 0 spiro atoms. The van der Waals surface area contributed by atoms with Gasteiger partial charge in [0, 0.05) is 31.0 Å². The molecular weight excluding hydrogens is 451 g/mol. The first-order valence-corrected chi connectivity index (χ1v) is 12.2. The fraction of sp³-hybridized carbons (Fsp3) is 0.393. The van der Waals surface area contributed by atoms with Crippen LogP contribution in [0.15, 0.2) is 73.1 Å². The van der Waals surface area contributed by atoms with Crippen molar-refractivity contribution in [1.29, 1.82) is 0 Å². The summed E-state index contributed by atoms with van der Waals surface area (Å²) in [4.78, 5) is 15.0. The number of rotatable bonds is 8. The highest BCUT2D eigenvalue weighted by molar-refractivity contribution is 5.76. The smallest absolute Gasteiger partial charge is 0.349 e. The maximum Gasteiger partial charge on any atom is 0.416 e. The second kappa shape index (κ2) is 11.1. The second-order valence-corrected chi connectivity index (χ2v) is 9.33. The molecule has 0 radical (unpaired) electrons. The zero-order valence-electron chi connectivity index (χ0n) is 20.0. The van der Waals surface area contributed by atoms with E-state index in [1.54, 1.807) is 0 Å². The van der Waals surface area contributed by atoms with Gasteiger partial charge in [-0.25, -0.2) is 0 Å². The van der Waals surface area contributed by atoms with Crippen molar-refractivity contribution >= 4 is 5.91 Å². The minimum Gasteiger partial charge on any atom is -0.349 e. The topological polar surface area (TPSA) is 37.3 Å². The van der Waals surface area contributed by atoms with Crippen LogP contribution in [0.3, 0.4) is 0 Å². The van der Waals surface area contributed by atoms with E-state index in [9.17, 15) is 18.0 Å². The molecule has 35 heavy (non-hydrogen) atoms. The number of carbonyl (C=O) groups is 1. The summed E-state index contributed by atoms with van der Waals surface area (Å²) in [6.07, 6.45) is 2.90. The van der Waals surface area contributed by atoms with Crippen LogP contribution in [0, 0.1) is 5.92 Å². The molecular formula is C28H32F3N3O. The van der Waals surface area contributed by atoms with Gasteiger partial charge in [0.25, 0.3) is 0 Å². The second-order valence-electron chi connectivity index (χ2n) is 9.33. The van der Waals surface area contributed by atoms with E-state index in [1.165, 1.54) is 12.1 Å². The van der Waals surface area contributed by atoms with Gasteiger partial charge >= 0.3 is 6.18 Å². The van der Waals surface area contributed by atoms with Crippen LogP contribution >= 0.6 is 0 Å². The van der Waals surface area contributed by atoms with E-state index < -0.39 is 11.7 Å². The summed E-state index contributed by atoms with van der Waals surface area (Å²) in [5, 5.41) is 3.19. The highest BCUT2D eigenvalue weighted by atomic mass is 19.4. The first-order valence-electron chi connectivity index (χ1n) is 12.2. The molecule has 186 valence electrons. The standard InChI is InChI=1S/C28H32F3N3O/c1-2-26(23-6-4-3-5-7-23)32-27(35)18-21-12-15-33(16-13-21)19-22-14-17-34(20-22)25-10-8-24(9-11-25)28(29,30)31/h3-11,14,17,20-21,26H,2,12-13,15-16,18-19H2,1H3,(H,32,35). The lowest BCUT2D eigenvalue weighted by Crippen LogP contribution is -2.36. The van der Waals surface area contributed by atoms with Gasteiger partial charge in [0.2, 0.25) is 5.91 Å². The van der Waals surface area contributed by atoms with Crippen LogP contribution in [0.1, 0.15) is 55.3 Å². The molecule has 3 aromatic rings. The van der Waals surface area contributed by atoms with E-state index in [0.29, 0.717) is 18.0 Å². The Kier molecular flexibility index (Phi) is 7.96. The Morgan fingerprint density at radius 3 is 2.34 bits per heavy atom. The van der Waals surface area contributed by atoms with Crippen LogP contribution in [0.4, 0.5) is 13.2 Å². The number of amides is 1. The molecule has 7 heteroatoms. The number of hydrogen-bond acceptors (Lipinski definition) is 2. The van der Waals surface area contributed by atoms with Crippen LogP contribution in [-0.2, 0) is 17.5 Å². The minimum absolute atomic E-state index is 0.0532. The number of nitrogens with one attached hydrogen (secondary N) is 1. The van der Waals surface area contributed by atoms with E-state index >= 15 is 0 Å². The average Bonchev–Trinajstić information content (AvgIpc) is 3.32. The molecule has 4 rings (SSSR count). The first-order chi connectivity index (χ1) is 16.8. The SMILES string of the molecule is CCC(NC(=O)CC1CCN(Cc2ccn(-c3ccc(C(F)(F)F)cc3)c2)CC1)c1ccccc1. The normalized spacial score (nSPS) is 16.2. The number of hydrogen-bond donors (Lipinski definition) is 1. The van der Waals surface area contributed by atoms with E-state index in [4.69, 9.17) is 0 Å². The lowest BCUT2D eigenvalue weighted by atomic mass is 9.92. The predicted molar refractivity (Wildman–Crippen MR) is 131 cm³/mol. The number of likely N-dealkylation sites (tertiary alicyclic amines) is 1. The highest BCUT2D eigenvalue weighted by Gasteiger charge is 2.30. The minimum atomic E-state index is -4.33. The van der Waals surface area contributed by atoms with E-state index in [1.807, 2.05) is 41.2 Å². The van der Waals surface area contributed by atoms with Crippen LogP contribution in [0.5, 0.6) is 0 Å². The molecule has 1 N–H and O–H groups in total. The van der Waals surface area contributed by atoms with Crippen LogP contribution < -0.4 is 5.32 Å². The number of benzene rings is 2. The molecule has 0 bridgehead atoms. The summed E-state index contributed by atoms with van der Waals surface area (Å²) >= 11 is 0. The molecule has 0 saturated carbocycles. The lowest BCUT2D eigenvalue weighted by molar-refractivity contribution is -0.137. The Hall–Kier alpha value is -3.06. The zero-order valence-corrected chi connectivity index (χ0v) is 20.0. The van der Waals surface area contributed by atoms with Gasteiger partial charge in [0.1, 0.15) is 0 Å². The first kappa shape index (κ1) is 25.0. The van der Waals surface area contributed by atoms with E-state index in [-0.39, 0.29) is 11.9 Å². The van der Waals surface area contributed by atoms with Gasteiger partial charge in [0.15, 0.2) is 0 Å². The van der Waals surface area contributed by atoms with E-state index in [0.717, 1.165) is 62.2 Å². The van der Waals surface area contributed by atoms with Crippen molar-refractivity contribution in [3.8, 4) is 5.69 Å². The van der Waals surface area contributed by atoms with Crippen molar-refractivity contribution < 1.29 is 18.0 Å². The molecule has 4 nitrogen and oxygen atoms in total. The highest BCUT2D eigenvalue weighted by Crippen LogP contribution is 2.30. The van der Waals surface area contributed by atoms with Crippen molar-refractivity contribution in [2.45, 2.75) is 51.4 Å². The average molecular weight is 484 g/mol.